The summed E-state index contributed by atoms with van der Waals surface area (Å²) in [6.45, 7) is 1.71. The fourth-order valence-electron chi connectivity index (χ4n) is 2.36. The summed E-state index contributed by atoms with van der Waals surface area (Å²) in [5.41, 5.74) is 1.13. The van der Waals surface area contributed by atoms with E-state index >= 15 is 0 Å². The number of nitrogens with one attached hydrogen (secondary N) is 2. The Morgan fingerprint density at radius 2 is 2.15 bits per heavy atom. The highest BCUT2D eigenvalue weighted by molar-refractivity contribution is 5.55. The second-order valence-electron chi connectivity index (χ2n) is 5.60. The van der Waals surface area contributed by atoms with Crippen LogP contribution in [-0.4, -0.2) is 24.7 Å². The van der Waals surface area contributed by atoms with Gasteiger partial charge in [-0.05, 0) is 13.0 Å². The molecule has 0 radical (unpaired) electrons. The molecule has 0 amide bonds. The molecular formula is C16H16FN7O2. The van der Waals surface area contributed by atoms with Gasteiger partial charge in [0.2, 0.25) is 5.95 Å². The van der Waals surface area contributed by atoms with Gasteiger partial charge in [0.15, 0.2) is 0 Å². The number of aryl methyl sites for hydroxylation is 2. The molecule has 3 aromatic rings. The predicted octanol–water partition coefficient (Wildman–Crippen LogP) is 2.92. The van der Waals surface area contributed by atoms with Gasteiger partial charge in [0.25, 0.3) is 5.69 Å². The molecule has 0 unspecified atom stereocenters. The Morgan fingerprint density at radius 3 is 2.85 bits per heavy atom. The van der Waals surface area contributed by atoms with E-state index in [1.165, 1.54) is 18.2 Å². The molecule has 9 nitrogen and oxygen atoms in total. The Hall–Kier alpha value is -3.56. The Labute approximate surface area is 148 Å². The molecule has 134 valence electrons. The molecule has 0 aliphatic heterocycles. The number of hydrogen-bond acceptors (Lipinski definition) is 7. The number of benzene rings is 1. The third-order valence-electron chi connectivity index (χ3n) is 3.66. The lowest BCUT2D eigenvalue weighted by molar-refractivity contribution is -0.385. The molecule has 0 saturated heterocycles. The van der Waals surface area contributed by atoms with Gasteiger partial charge >= 0.3 is 0 Å². The van der Waals surface area contributed by atoms with E-state index in [9.17, 15) is 14.5 Å². The molecule has 0 atom stereocenters. The summed E-state index contributed by atoms with van der Waals surface area (Å²) in [6.07, 6.45) is 4.99. The summed E-state index contributed by atoms with van der Waals surface area (Å²) in [5, 5.41) is 21.1. The van der Waals surface area contributed by atoms with Gasteiger partial charge in [0.1, 0.15) is 11.6 Å². The van der Waals surface area contributed by atoms with Crippen LogP contribution in [-0.2, 0) is 13.6 Å². The molecule has 26 heavy (non-hydrogen) atoms. The zero-order valence-electron chi connectivity index (χ0n) is 14.1. The maximum atomic E-state index is 14.0. The number of anilines is 3. The molecule has 0 bridgehead atoms. The van der Waals surface area contributed by atoms with Gasteiger partial charge in [0.05, 0.1) is 28.9 Å². The van der Waals surface area contributed by atoms with Crippen LogP contribution in [0.1, 0.15) is 11.1 Å². The Morgan fingerprint density at radius 1 is 1.35 bits per heavy atom. The summed E-state index contributed by atoms with van der Waals surface area (Å²) >= 11 is 0. The molecular weight excluding hydrogens is 341 g/mol. The smallest absolute Gasteiger partial charge is 0.277 e. The van der Waals surface area contributed by atoms with Crippen molar-refractivity contribution >= 4 is 23.1 Å². The summed E-state index contributed by atoms with van der Waals surface area (Å²) in [5.74, 6) is 0.130. The molecule has 0 saturated carbocycles. The molecule has 2 aromatic heterocycles. The standard InChI is InChI=1S/C16H16FN7O2/c1-10-6-19-16(21-11-7-20-23(2)9-11)22-15(10)18-8-12-13(17)4-3-5-14(12)24(25)26/h3-7,9H,8H2,1-2H3,(H2,18,19,21,22). The SMILES string of the molecule is Cc1cnc(Nc2cnn(C)c2)nc1NCc1c(F)cccc1[N+](=O)[O-]. The van der Waals surface area contributed by atoms with E-state index in [0.29, 0.717) is 17.5 Å². The first-order valence-corrected chi connectivity index (χ1v) is 7.69. The van der Waals surface area contributed by atoms with Gasteiger partial charge in [-0.15, -0.1) is 0 Å². The summed E-state index contributed by atoms with van der Waals surface area (Å²) in [6, 6.07) is 3.76. The van der Waals surface area contributed by atoms with Crippen molar-refractivity contribution in [2.45, 2.75) is 13.5 Å². The molecule has 0 aliphatic carbocycles. The zero-order chi connectivity index (χ0) is 18.7. The third-order valence-corrected chi connectivity index (χ3v) is 3.66. The molecule has 10 heteroatoms. The van der Waals surface area contributed by atoms with Crippen molar-refractivity contribution < 1.29 is 9.31 Å². The minimum Gasteiger partial charge on any atom is -0.365 e. The molecule has 1 aromatic carbocycles. The third kappa shape index (κ3) is 3.74. The van der Waals surface area contributed by atoms with Gasteiger partial charge in [-0.2, -0.15) is 10.1 Å². The number of hydrogen-bond donors (Lipinski definition) is 2. The normalized spacial score (nSPS) is 10.6. The van der Waals surface area contributed by atoms with E-state index in [4.69, 9.17) is 0 Å². The molecule has 2 heterocycles. The molecule has 0 fully saturated rings. The first kappa shape index (κ1) is 17.3. The quantitative estimate of drug-likeness (QED) is 0.515. The van der Waals surface area contributed by atoms with Crippen LogP contribution in [0.3, 0.4) is 0 Å². The average Bonchev–Trinajstić information content (AvgIpc) is 3.00. The number of rotatable bonds is 6. The van der Waals surface area contributed by atoms with Crippen LogP contribution in [0.25, 0.3) is 0 Å². The number of aromatic nitrogens is 4. The largest absolute Gasteiger partial charge is 0.365 e. The van der Waals surface area contributed by atoms with Crippen LogP contribution in [0.4, 0.5) is 27.5 Å². The topological polar surface area (TPSA) is 111 Å². The highest BCUT2D eigenvalue weighted by atomic mass is 19.1. The first-order chi connectivity index (χ1) is 12.4. The highest BCUT2D eigenvalue weighted by Gasteiger charge is 2.18. The first-order valence-electron chi connectivity index (χ1n) is 7.69. The second-order valence-corrected chi connectivity index (χ2v) is 5.60. The predicted molar refractivity (Wildman–Crippen MR) is 93.6 cm³/mol. The monoisotopic (exact) mass is 357 g/mol. The fraction of sp³-hybridized carbons (Fsp3) is 0.188. The van der Waals surface area contributed by atoms with Gasteiger partial charge in [0, 0.05) is 31.1 Å². The van der Waals surface area contributed by atoms with Crippen LogP contribution < -0.4 is 10.6 Å². The van der Waals surface area contributed by atoms with Gasteiger partial charge in [-0.3, -0.25) is 14.8 Å². The fourth-order valence-corrected chi connectivity index (χ4v) is 2.36. The van der Waals surface area contributed by atoms with Crippen LogP contribution >= 0.6 is 0 Å². The van der Waals surface area contributed by atoms with Crippen molar-refractivity contribution in [2.24, 2.45) is 7.05 Å². The summed E-state index contributed by atoms with van der Waals surface area (Å²) < 4.78 is 15.6. The van der Waals surface area contributed by atoms with E-state index in [1.807, 2.05) is 0 Å². The lowest BCUT2D eigenvalue weighted by Gasteiger charge is -2.11. The number of nitrogens with zero attached hydrogens (tertiary/aromatic N) is 5. The molecule has 3 rings (SSSR count). The summed E-state index contributed by atoms with van der Waals surface area (Å²) in [7, 11) is 1.79. The van der Waals surface area contributed by atoms with E-state index in [-0.39, 0.29) is 17.8 Å². The Kier molecular flexibility index (Phi) is 4.74. The summed E-state index contributed by atoms with van der Waals surface area (Å²) in [4.78, 5) is 19.0. The Balaban J connectivity index is 1.80. The van der Waals surface area contributed by atoms with Gasteiger partial charge in [-0.25, -0.2) is 9.37 Å². The minimum absolute atomic E-state index is 0.0303. The average molecular weight is 357 g/mol. The van der Waals surface area contributed by atoms with Crippen molar-refractivity contribution in [3.8, 4) is 0 Å². The van der Waals surface area contributed by atoms with Crippen molar-refractivity contribution in [3.63, 3.8) is 0 Å². The van der Waals surface area contributed by atoms with Crippen molar-refractivity contribution in [3.05, 3.63) is 63.8 Å². The van der Waals surface area contributed by atoms with Crippen LogP contribution in [0.15, 0.2) is 36.8 Å². The zero-order valence-corrected chi connectivity index (χ0v) is 14.1. The van der Waals surface area contributed by atoms with Crippen LogP contribution in [0, 0.1) is 22.9 Å². The molecule has 2 N–H and O–H groups in total. The Bertz CT molecular complexity index is 958. The minimum atomic E-state index is -0.646. The van der Waals surface area contributed by atoms with Crippen LogP contribution in [0.2, 0.25) is 0 Å². The van der Waals surface area contributed by atoms with E-state index in [1.54, 1.807) is 37.2 Å². The van der Waals surface area contributed by atoms with Crippen molar-refractivity contribution in [1.29, 1.82) is 0 Å². The van der Waals surface area contributed by atoms with Crippen molar-refractivity contribution in [2.75, 3.05) is 10.6 Å². The number of nitro groups is 1. The van der Waals surface area contributed by atoms with Crippen molar-refractivity contribution in [1.82, 2.24) is 19.7 Å². The molecule has 0 spiro atoms. The highest BCUT2D eigenvalue weighted by Crippen LogP contribution is 2.23. The lowest BCUT2D eigenvalue weighted by Crippen LogP contribution is -2.09. The van der Waals surface area contributed by atoms with Crippen LogP contribution in [0.5, 0.6) is 0 Å². The lowest BCUT2D eigenvalue weighted by atomic mass is 10.1. The van der Waals surface area contributed by atoms with Gasteiger partial charge < -0.3 is 10.6 Å². The number of halogens is 1. The number of nitro benzene ring substituents is 1. The van der Waals surface area contributed by atoms with E-state index < -0.39 is 10.7 Å². The maximum Gasteiger partial charge on any atom is 0.277 e. The van der Waals surface area contributed by atoms with E-state index in [0.717, 1.165) is 5.56 Å². The second kappa shape index (κ2) is 7.13. The van der Waals surface area contributed by atoms with Gasteiger partial charge in [-0.1, -0.05) is 6.07 Å². The molecule has 0 aliphatic rings. The maximum absolute atomic E-state index is 14.0. The van der Waals surface area contributed by atoms with E-state index in [2.05, 4.69) is 25.7 Å².